The van der Waals surface area contributed by atoms with E-state index >= 15 is 0 Å². The van der Waals surface area contributed by atoms with Crippen LogP contribution in [-0.4, -0.2) is 28.6 Å². The van der Waals surface area contributed by atoms with E-state index in [9.17, 15) is 4.79 Å². The van der Waals surface area contributed by atoms with Gasteiger partial charge < -0.3 is 10.4 Å². The Bertz CT molecular complexity index is 307. The number of carbonyl (C=O) groups is 1. The summed E-state index contributed by atoms with van der Waals surface area (Å²) < 4.78 is 0. The number of aliphatic hydroxyl groups excluding tert-OH is 1. The topological polar surface area (TPSA) is 62.2 Å². The summed E-state index contributed by atoms with van der Waals surface area (Å²) in [5.74, 6) is 0.267. The van der Waals surface area contributed by atoms with Crippen molar-refractivity contribution < 1.29 is 9.90 Å². The molecule has 0 aromatic carbocycles. The Morgan fingerprint density at radius 3 is 3.07 bits per heavy atom. The molecule has 0 atom stereocenters. The monoisotopic (exact) mass is 212 g/mol. The van der Waals surface area contributed by atoms with Crippen molar-refractivity contribution in [1.82, 2.24) is 10.3 Å². The van der Waals surface area contributed by atoms with Gasteiger partial charge in [-0.1, -0.05) is 0 Å². The molecule has 2 rings (SSSR count). The van der Waals surface area contributed by atoms with Gasteiger partial charge in [-0.05, 0) is 18.8 Å². The smallest absolute Gasteiger partial charge is 0.270 e. The molecule has 0 unspecified atom stereocenters. The van der Waals surface area contributed by atoms with E-state index in [2.05, 4.69) is 10.3 Å². The van der Waals surface area contributed by atoms with Crippen molar-refractivity contribution in [2.24, 2.45) is 5.92 Å². The van der Waals surface area contributed by atoms with Crippen LogP contribution in [0.4, 0.5) is 0 Å². The van der Waals surface area contributed by atoms with E-state index in [1.54, 1.807) is 10.9 Å². The van der Waals surface area contributed by atoms with Gasteiger partial charge in [0.1, 0.15) is 5.69 Å². The molecular weight excluding hydrogens is 200 g/mol. The highest BCUT2D eigenvalue weighted by atomic mass is 32.1. The molecule has 1 saturated carbocycles. The number of hydrogen-bond donors (Lipinski definition) is 2. The molecule has 0 aliphatic heterocycles. The van der Waals surface area contributed by atoms with Gasteiger partial charge >= 0.3 is 0 Å². The molecule has 1 aliphatic carbocycles. The molecule has 1 heterocycles. The summed E-state index contributed by atoms with van der Waals surface area (Å²) in [5, 5.41) is 13.4. The highest BCUT2D eigenvalue weighted by molar-refractivity contribution is 7.07. The van der Waals surface area contributed by atoms with Crippen LogP contribution in [-0.2, 0) is 0 Å². The number of nitrogens with zero attached hydrogens (tertiary/aromatic N) is 1. The summed E-state index contributed by atoms with van der Waals surface area (Å²) >= 11 is 1.41. The number of aromatic nitrogens is 1. The van der Waals surface area contributed by atoms with Crippen LogP contribution < -0.4 is 5.32 Å². The van der Waals surface area contributed by atoms with Crippen LogP contribution in [0.5, 0.6) is 0 Å². The Labute approximate surface area is 86.0 Å². The lowest BCUT2D eigenvalue weighted by Crippen LogP contribution is -2.45. The lowest BCUT2D eigenvalue weighted by molar-refractivity contribution is 0.0828. The second kappa shape index (κ2) is 4.06. The number of nitrogens with one attached hydrogen (secondary N) is 1. The van der Waals surface area contributed by atoms with Crippen LogP contribution in [0.2, 0.25) is 0 Å². The first kappa shape index (κ1) is 9.61. The number of carbonyl (C=O) groups excluding carboxylic acids is 1. The molecule has 76 valence electrons. The molecule has 0 radical (unpaired) electrons. The predicted molar refractivity (Wildman–Crippen MR) is 53.2 cm³/mol. The Morgan fingerprint density at radius 2 is 2.50 bits per heavy atom. The van der Waals surface area contributed by atoms with E-state index in [4.69, 9.17) is 5.11 Å². The zero-order valence-electron chi connectivity index (χ0n) is 7.64. The summed E-state index contributed by atoms with van der Waals surface area (Å²) in [6, 6.07) is 0.223. The van der Waals surface area contributed by atoms with Gasteiger partial charge in [0.05, 0.1) is 5.51 Å². The normalized spacial score (nSPS) is 25.5. The van der Waals surface area contributed by atoms with Gasteiger partial charge in [-0.2, -0.15) is 0 Å². The number of rotatable bonds is 3. The maximum atomic E-state index is 11.5. The first-order chi connectivity index (χ1) is 6.79. The summed E-state index contributed by atoms with van der Waals surface area (Å²) in [6.45, 7) is 0.225. The number of aliphatic hydroxyl groups is 1. The zero-order chi connectivity index (χ0) is 9.97. The summed E-state index contributed by atoms with van der Waals surface area (Å²) in [7, 11) is 0. The van der Waals surface area contributed by atoms with Gasteiger partial charge in [0, 0.05) is 18.0 Å². The fourth-order valence-corrected chi connectivity index (χ4v) is 2.12. The average Bonchev–Trinajstić information content (AvgIpc) is 2.62. The maximum Gasteiger partial charge on any atom is 0.270 e. The van der Waals surface area contributed by atoms with Crippen LogP contribution in [0.25, 0.3) is 0 Å². The number of amides is 1. The van der Waals surface area contributed by atoms with Crippen LogP contribution in [0.3, 0.4) is 0 Å². The largest absolute Gasteiger partial charge is 0.396 e. The Kier molecular flexibility index (Phi) is 2.79. The van der Waals surface area contributed by atoms with Gasteiger partial charge in [0.15, 0.2) is 0 Å². The molecule has 1 amide bonds. The quantitative estimate of drug-likeness (QED) is 0.773. The van der Waals surface area contributed by atoms with Crippen molar-refractivity contribution in [3.05, 3.63) is 16.6 Å². The van der Waals surface area contributed by atoms with Gasteiger partial charge in [0.25, 0.3) is 5.91 Å². The number of hydrogen-bond acceptors (Lipinski definition) is 4. The molecule has 1 aromatic rings. The predicted octanol–water partition coefficient (Wildman–Crippen LogP) is 0.644. The summed E-state index contributed by atoms with van der Waals surface area (Å²) in [4.78, 5) is 15.4. The van der Waals surface area contributed by atoms with Gasteiger partial charge in [-0.3, -0.25) is 4.79 Å². The third-order valence-corrected chi connectivity index (χ3v) is 3.08. The van der Waals surface area contributed by atoms with Crippen molar-refractivity contribution in [2.45, 2.75) is 18.9 Å². The first-order valence-electron chi connectivity index (χ1n) is 4.59. The molecule has 2 N–H and O–H groups in total. The molecule has 0 bridgehead atoms. The van der Waals surface area contributed by atoms with Crippen molar-refractivity contribution in [1.29, 1.82) is 0 Å². The van der Waals surface area contributed by atoms with E-state index in [-0.39, 0.29) is 18.6 Å². The lowest BCUT2D eigenvalue weighted by atomic mass is 9.81. The standard InChI is InChI=1S/C9H12N2O2S/c12-3-6-1-7(2-6)11-9(13)8-4-14-5-10-8/h4-7,12H,1-3H2,(H,11,13). The van der Waals surface area contributed by atoms with Crippen LogP contribution in [0.15, 0.2) is 10.9 Å². The number of thiazole rings is 1. The van der Waals surface area contributed by atoms with Gasteiger partial charge in [-0.15, -0.1) is 11.3 Å². The Balaban J connectivity index is 1.80. The van der Waals surface area contributed by atoms with Crippen molar-refractivity contribution in [2.75, 3.05) is 6.61 Å². The molecule has 1 fully saturated rings. The highest BCUT2D eigenvalue weighted by Crippen LogP contribution is 2.26. The molecule has 14 heavy (non-hydrogen) atoms. The van der Waals surface area contributed by atoms with Crippen molar-refractivity contribution >= 4 is 17.2 Å². The molecule has 1 aromatic heterocycles. The molecule has 0 saturated heterocycles. The molecule has 4 nitrogen and oxygen atoms in total. The van der Waals surface area contributed by atoms with E-state index in [1.807, 2.05) is 0 Å². The van der Waals surface area contributed by atoms with E-state index in [0.717, 1.165) is 12.8 Å². The minimum atomic E-state index is -0.104. The van der Waals surface area contributed by atoms with E-state index < -0.39 is 0 Å². The van der Waals surface area contributed by atoms with Crippen molar-refractivity contribution in [3.63, 3.8) is 0 Å². The maximum absolute atomic E-state index is 11.5. The minimum absolute atomic E-state index is 0.104. The SMILES string of the molecule is O=C(NC1CC(CO)C1)c1cscn1. The van der Waals surface area contributed by atoms with E-state index in [1.165, 1.54) is 11.3 Å². The van der Waals surface area contributed by atoms with Crippen molar-refractivity contribution in [3.8, 4) is 0 Å². The minimum Gasteiger partial charge on any atom is -0.396 e. The molecule has 5 heteroatoms. The average molecular weight is 212 g/mol. The molecule has 1 aliphatic rings. The third kappa shape index (κ3) is 1.93. The second-order valence-electron chi connectivity index (χ2n) is 3.56. The first-order valence-corrected chi connectivity index (χ1v) is 5.53. The lowest BCUT2D eigenvalue weighted by Gasteiger charge is -2.34. The summed E-state index contributed by atoms with van der Waals surface area (Å²) in [6.07, 6.45) is 1.76. The van der Waals surface area contributed by atoms with Crippen LogP contribution in [0, 0.1) is 5.92 Å². The van der Waals surface area contributed by atoms with Crippen LogP contribution >= 0.6 is 11.3 Å². The highest BCUT2D eigenvalue weighted by Gasteiger charge is 2.29. The van der Waals surface area contributed by atoms with Gasteiger partial charge in [0.2, 0.25) is 0 Å². The fourth-order valence-electron chi connectivity index (χ4n) is 1.59. The van der Waals surface area contributed by atoms with E-state index in [0.29, 0.717) is 11.6 Å². The van der Waals surface area contributed by atoms with Crippen LogP contribution in [0.1, 0.15) is 23.3 Å². The summed E-state index contributed by atoms with van der Waals surface area (Å²) in [5.41, 5.74) is 2.13. The van der Waals surface area contributed by atoms with Gasteiger partial charge in [-0.25, -0.2) is 4.98 Å². The molecular formula is C9H12N2O2S. The Hall–Kier alpha value is -0.940. The fraction of sp³-hybridized carbons (Fsp3) is 0.556. The second-order valence-corrected chi connectivity index (χ2v) is 4.28. The Morgan fingerprint density at radius 1 is 1.71 bits per heavy atom. The third-order valence-electron chi connectivity index (χ3n) is 2.49. The molecule has 0 spiro atoms. The zero-order valence-corrected chi connectivity index (χ0v) is 8.46.